The van der Waals surface area contributed by atoms with E-state index >= 15 is 0 Å². The topological polar surface area (TPSA) is 42.0 Å². The Bertz CT molecular complexity index is 823. The number of esters is 1. The molecular formula is C22H28N2O3S. The zero-order valence-electron chi connectivity index (χ0n) is 17.1. The highest BCUT2D eigenvalue weighted by atomic mass is 32.2. The van der Waals surface area contributed by atoms with Gasteiger partial charge in [0.2, 0.25) is 0 Å². The first-order valence-corrected chi connectivity index (χ1v) is 10.4. The van der Waals surface area contributed by atoms with Gasteiger partial charge in [0.15, 0.2) is 6.10 Å². The second kappa shape index (κ2) is 8.78. The van der Waals surface area contributed by atoms with Gasteiger partial charge in [0.1, 0.15) is 12.4 Å². The fraction of sp³-hybridized carbons (Fsp3) is 0.409. The quantitative estimate of drug-likeness (QED) is 0.499. The van der Waals surface area contributed by atoms with Gasteiger partial charge in [-0.25, -0.2) is 4.79 Å². The molecule has 2 aromatic carbocycles. The van der Waals surface area contributed by atoms with Gasteiger partial charge in [0.05, 0.1) is 17.2 Å². The van der Waals surface area contributed by atoms with Crippen molar-refractivity contribution in [2.75, 3.05) is 29.5 Å². The summed E-state index contributed by atoms with van der Waals surface area (Å²) in [6.07, 6.45) is -0.629. The van der Waals surface area contributed by atoms with E-state index in [2.05, 4.69) is 54.4 Å². The van der Waals surface area contributed by atoms with E-state index in [0.29, 0.717) is 18.3 Å². The Morgan fingerprint density at radius 1 is 1.14 bits per heavy atom. The maximum Gasteiger partial charge on any atom is 0.347 e. The SMILES string of the molecule is CCOC(=O)C(C)Oc1ccc2c(c1)N(C)CN(c1ccc(C(C)C)cc1)S2. The van der Waals surface area contributed by atoms with Crippen LogP contribution in [-0.2, 0) is 9.53 Å². The molecule has 6 heteroatoms. The number of hydrogen-bond acceptors (Lipinski definition) is 6. The molecule has 1 aliphatic heterocycles. The molecule has 0 bridgehead atoms. The summed E-state index contributed by atoms with van der Waals surface area (Å²) in [6.45, 7) is 9.02. The van der Waals surface area contributed by atoms with Crippen LogP contribution in [0.3, 0.4) is 0 Å². The van der Waals surface area contributed by atoms with Crippen molar-refractivity contribution in [2.45, 2.75) is 44.6 Å². The molecule has 0 saturated heterocycles. The zero-order valence-corrected chi connectivity index (χ0v) is 18.0. The summed E-state index contributed by atoms with van der Waals surface area (Å²) >= 11 is 1.71. The molecule has 0 saturated carbocycles. The number of ether oxygens (including phenoxy) is 2. The summed E-state index contributed by atoms with van der Waals surface area (Å²) in [6, 6.07) is 14.7. The standard InChI is InChI=1S/C22H28N2O3S/c1-6-26-22(25)16(4)27-19-11-12-21-20(13-19)23(5)14-24(28-21)18-9-7-17(8-10-18)15(2)3/h7-13,15-16H,6,14H2,1-5H3. The van der Waals surface area contributed by atoms with E-state index in [4.69, 9.17) is 9.47 Å². The molecule has 0 aromatic heterocycles. The molecule has 150 valence electrons. The minimum absolute atomic E-state index is 0.348. The molecule has 0 fully saturated rings. The molecule has 0 amide bonds. The van der Waals surface area contributed by atoms with E-state index in [-0.39, 0.29) is 5.97 Å². The van der Waals surface area contributed by atoms with Crippen LogP contribution >= 0.6 is 11.9 Å². The van der Waals surface area contributed by atoms with Crippen LogP contribution in [0.5, 0.6) is 5.75 Å². The van der Waals surface area contributed by atoms with Gasteiger partial charge in [-0.2, -0.15) is 0 Å². The number of fused-ring (bicyclic) bond motifs is 1. The third-order valence-corrected chi connectivity index (χ3v) is 5.76. The van der Waals surface area contributed by atoms with Crippen molar-refractivity contribution in [3.8, 4) is 5.75 Å². The van der Waals surface area contributed by atoms with Crippen LogP contribution in [0.2, 0.25) is 0 Å². The summed E-state index contributed by atoms with van der Waals surface area (Å²) in [4.78, 5) is 15.1. The number of hydrogen-bond donors (Lipinski definition) is 0. The van der Waals surface area contributed by atoms with Gasteiger partial charge < -0.3 is 14.4 Å². The molecule has 28 heavy (non-hydrogen) atoms. The number of carbonyl (C=O) groups excluding carboxylic acids is 1. The van der Waals surface area contributed by atoms with Gasteiger partial charge in [-0.1, -0.05) is 26.0 Å². The van der Waals surface area contributed by atoms with Crippen molar-refractivity contribution in [3.05, 3.63) is 48.0 Å². The lowest BCUT2D eigenvalue weighted by Crippen LogP contribution is -2.35. The molecule has 1 aliphatic rings. The highest BCUT2D eigenvalue weighted by Gasteiger charge is 2.23. The number of nitrogens with zero attached hydrogens (tertiary/aromatic N) is 2. The third-order valence-electron chi connectivity index (χ3n) is 4.67. The molecule has 5 nitrogen and oxygen atoms in total. The third kappa shape index (κ3) is 4.55. The predicted octanol–water partition coefficient (Wildman–Crippen LogP) is 5.06. The van der Waals surface area contributed by atoms with Gasteiger partial charge in [-0.05, 0) is 61.5 Å². The molecule has 1 heterocycles. The molecule has 0 radical (unpaired) electrons. The lowest BCUT2D eigenvalue weighted by Gasteiger charge is -2.36. The molecule has 0 N–H and O–H groups in total. The van der Waals surface area contributed by atoms with E-state index in [9.17, 15) is 4.79 Å². The summed E-state index contributed by atoms with van der Waals surface area (Å²) in [5.74, 6) is 0.849. The Balaban J connectivity index is 1.74. The first-order chi connectivity index (χ1) is 13.4. The van der Waals surface area contributed by atoms with Crippen LogP contribution in [0, 0.1) is 0 Å². The largest absolute Gasteiger partial charge is 0.479 e. The van der Waals surface area contributed by atoms with Gasteiger partial charge >= 0.3 is 5.97 Å². The average molecular weight is 401 g/mol. The number of anilines is 2. The Hall–Kier alpha value is -2.34. The van der Waals surface area contributed by atoms with Crippen molar-refractivity contribution in [1.29, 1.82) is 0 Å². The van der Waals surface area contributed by atoms with Crippen molar-refractivity contribution >= 4 is 29.3 Å². The van der Waals surface area contributed by atoms with Crippen LogP contribution in [0.1, 0.15) is 39.2 Å². The van der Waals surface area contributed by atoms with Crippen LogP contribution in [0.15, 0.2) is 47.4 Å². The zero-order chi connectivity index (χ0) is 20.3. The molecule has 1 unspecified atom stereocenters. The van der Waals surface area contributed by atoms with Crippen LogP contribution in [-0.4, -0.2) is 32.4 Å². The highest BCUT2D eigenvalue weighted by Crippen LogP contribution is 2.41. The second-order valence-electron chi connectivity index (χ2n) is 7.20. The van der Waals surface area contributed by atoms with Crippen molar-refractivity contribution in [3.63, 3.8) is 0 Å². The van der Waals surface area contributed by atoms with E-state index in [1.54, 1.807) is 25.8 Å². The minimum Gasteiger partial charge on any atom is -0.479 e. The van der Waals surface area contributed by atoms with E-state index in [1.807, 2.05) is 18.2 Å². The smallest absolute Gasteiger partial charge is 0.347 e. The van der Waals surface area contributed by atoms with Crippen molar-refractivity contribution < 1.29 is 14.3 Å². The summed E-state index contributed by atoms with van der Waals surface area (Å²) in [7, 11) is 2.06. The van der Waals surface area contributed by atoms with Gasteiger partial charge in [-0.3, -0.25) is 4.31 Å². The van der Waals surface area contributed by atoms with Crippen LogP contribution in [0.4, 0.5) is 11.4 Å². The van der Waals surface area contributed by atoms with Gasteiger partial charge in [-0.15, -0.1) is 0 Å². The fourth-order valence-electron chi connectivity index (χ4n) is 3.03. The fourth-order valence-corrected chi connectivity index (χ4v) is 4.17. The van der Waals surface area contributed by atoms with Crippen molar-refractivity contribution in [2.24, 2.45) is 0 Å². The Morgan fingerprint density at radius 2 is 1.86 bits per heavy atom. The monoisotopic (exact) mass is 400 g/mol. The summed E-state index contributed by atoms with van der Waals surface area (Å²) < 4.78 is 13.0. The number of benzene rings is 2. The summed E-state index contributed by atoms with van der Waals surface area (Å²) in [5.41, 5.74) is 3.62. The molecule has 3 rings (SSSR count). The van der Waals surface area contributed by atoms with Gasteiger partial charge in [0.25, 0.3) is 0 Å². The maximum atomic E-state index is 11.8. The predicted molar refractivity (Wildman–Crippen MR) is 115 cm³/mol. The molecule has 0 spiro atoms. The first kappa shape index (κ1) is 20.4. The molecule has 0 aliphatic carbocycles. The van der Waals surface area contributed by atoms with E-state index < -0.39 is 6.10 Å². The Labute approximate surface area is 171 Å². The van der Waals surface area contributed by atoms with E-state index in [1.165, 1.54) is 11.3 Å². The van der Waals surface area contributed by atoms with Gasteiger partial charge in [0, 0.05) is 18.8 Å². The van der Waals surface area contributed by atoms with Crippen LogP contribution < -0.4 is 13.9 Å². The Kier molecular flexibility index (Phi) is 6.39. The Morgan fingerprint density at radius 3 is 2.50 bits per heavy atom. The average Bonchev–Trinajstić information content (AvgIpc) is 2.68. The lowest BCUT2D eigenvalue weighted by atomic mass is 10.0. The molecule has 1 atom stereocenters. The van der Waals surface area contributed by atoms with Crippen molar-refractivity contribution in [1.82, 2.24) is 0 Å². The lowest BCUT2D eigenvalue weighted by molar-refractivity contribution is -0.150. The second-order valence-corrected chi connectivity index (χ2v) is 8.26. The van der Waals surface area contributed by atoms with Crippen LogP contribution in [0.25, 0.3) is 0 Å². The first-order valence-electron chi connectivity index (χ1n) is 9.63. The summed E-state index contributed by atoms with van der Waals surface area (Å²) in [5, 5.41) is 0. The normalized spacial score (nSPS) is 14.6. The number of carbonyl (C=O) groups is 1. The van der Waals surface area contributed by atoms with E-state index in [0.717, 1.165) is 17.3 Å². The molecular weight excluding hydrogens is 372 g/mol. The number of rotatable bonds is 6. The maximum absolute atomic E-state index is 11.8. The highest BCUT2D eigenvalue weighted by molar-refractivity contribution is 8.00. The molecule has 2 aromatic rings. The minimum atomic E-state index is -0.629.